The average molecular weight is 270 g/mol. The van der Waals surface area contributed by atoms with Gasteiger partial charge in [-0.25, -0.2) is 5.06 Å². The van der Waals surface area contributed by atoms with Crippen LogP contribution < -0.4 is 5.32 Å². The molecule has 1 heterocycles. The molecule has 0 fully saturated rings. The van der Waals surface area contributed by atoms with Crippen molar-refractivity contribution in [2.45, 2.75) is 20.3 Å². The molecule has 0 bridgehead atoms. The van der Waals surface area contributed by atoms with Crippen LogP contribution in [0.5, 0.6) is 0 Å². The molecule has 1 rings (SSSR count). The topological polar surface area (TPSA) is 58.6 Å². The minimum atomic E-state index is -0.235. The molecule has 0 spiro atoms. The number of nitrogens with zero attached hydrogens (tertiary/aromatic N) is 1. The molecular formula is C12H18N2O3S. The van der Waals surface area contributed by atoms with Crippen molar-refractivity contribution in [3.63, 3.8) is 0 Å². The van der Waals surface area contributed by atoms with Crippen molar-refractivity contribution in [3.8, 4) is 0 Å². The fraction of sp³-hybridized carbons (Fsp3) is 0.500. The van der Waals surface area contributed by atoms with E-state index in [0.717, 1.165) is 9.94 Å². The number of amides is 2. The van der Waals surface area contributed by atoms with Gasteiger partial charge in [-0.2, -0.15) is 0 Å². The highest BCUT2D eigenvalue weighted by Gasteiger charge is 2.20. The van der Waals surface area contributed by atoms with E-state index in [1.54, 1.807) is 13.1 Å². The number of carbonyl (C=O) groups is 2. The molecule has 0 radical (unpaired) electrons. The number of rotatable bonds is 5. The number of hydroxylamine groups is 2. The molecule has 0 atom stereocenters. The second-order valence-corrected chi connectivity index (χ2v) is 4.78. The van der Waals surface area contributed by atoms with Gasteiger partial charge in [0.25, 0.3) is 11.8 Å². The summed E-state index contributed by atoms with van der Waals surface area (Å²) in [5.41, 5.74) is 0.535. The smallest absolute Gasteiger partial charge is 0.278 e. The highest BCUT2D eigenvalue weighted by molar-refractivity contribution is 7.14. The first-order valence-corrected chi connectivity index (χ1v) is 6.59. The van der Waals surface area contributed by atoms with E-state index in [1.807, 2.05) is 13.8 Å². The maximum Gasteiger partial charge on any atom is 0.278 e. The zero-order valence-corrected chi connectivity index (χ0v) is 11.9. The molecule has 0 aliphatic rings. The molecule has 0 unspecified atom stereocenters. The van der Waals surface area contributed by atoms with Crippen molar-refractivity contribution in [1.29, 1.82) is 0 Å². The Bertz CT molecular complexity index is 443. The number of thiophene rings is 1. The summed E-state index contributed by atoms with van der Waals surface area (Å²) in [4.78, 5) is 30.1. The van der Waals surface area contributed by atoms with Crippen LogP contribution in [0.4, 0.5) is 0 Å². The van der Waals surface area contributed by atoms with E-state index < -0.39 is 0 Å². The summed E-state index contributed by atoms with van der Waals surface area (Å²) in [6.45, 7) is 4.38. The molecule has 2 amide bonds. The van der Waals surface area contributed by atoms with Gasteiger partial charge in [0.15, 0.2) is 0 Å². The molecule has 5 nitrogen and oxygen atoms in total. The molecule has 0 saturated heterocycles. The Balaban J connectivity index is 3.05. The summed E-state index contributed by atoms with van der Waals surface area (Å²) in [5.74, 6) is -0.377. The largest absolute Gasteiger partial charge is 0.352 e. The summed E-state index contributed by atoms with van der Waals surface area (Å²) in [6, 6.07) is 1.63. The van der Waals surface area contributed by atoms with Gasteiger partial charge in [-0.05, 0) is 19.4 Å². The molecule has 18 heavy (non-hydrogen) atoms. The molecule has 100 valence electrons. The van der Waals surface area contributed by atoms with E-state index in [0.29, 0.717) is 23.4 Å². The van der Waals surface area contributed by atoms with Crippen LogP contribution in [0, 0.1) is 0 Å². The van der Waals surface area contributed by atoms with Crippen LogP contribution in [0.3, 0.4) is 0 Å². The molecule has 0 saturated carbocycles. The lowest BCUT2D eigenvalue weighted by molar-refractivity contribution is -0.0757. The summed E-state index contributed by atoms with van der Waals surface area (Å²) in [5, 5.41) is 3.88. The van der Waals surface area contributed by atoms with Gasteiger partial charge in [-0.3, -0.25) is 14.4 Å². The lowest BCUT2D eigenvalue weighted by Gasteiger charge is -2.13. The molecule has 6 heteroatoms. The molecule has 0 aliphatic heterocycles. The van der Waals surface area contributed by atoms with E-state index in [4.69, 9.17) is 4.84 Å². The number of hydrogen-bond donors (Lipinski definition) is 1. The number of hydrogen-bond acceptors (Lipinski definition) is 4. The summed E-state index contributed by atoms with van der Waals surface area (Å²) in [7, 11) is 2.98. The van der Waals surface area contributed by atoms with Gasteiger partial charge in [0, 0.05) is 18.5 Å². The van der Waals surface area contributed by atoms with E-state index in [2.05, 4.69) is 5.32 Å². The number of carbonyl (C=O) groups excluding carboxylic acids is 2. The zero-order valence-electron chi connectivity index (χ0n) is 11.1. The predicted octanol–water partition coefficient (Wildman–Crippen LogP) is 1.69. The second-order valence-electron chi connectivity index (χ2n) is 3.65. The number of nitrogens with one attached hydrogen (secondary N) is 1. The lowest BCUT2D eigenvalue weighted by Crippen LogP contribution is -2.26. The Kier molecular flexibility index (Phi) is 5.30. The van der Waals surface area contributed by atoms with E-state index >= 15 is 0 Å². The van der Waals surface area contributed by atoms with Crippen LogP contribution in [0.15, 0.2) is 6.07 Å². The highest BCUT2D eigenvalue weighted by atomic mass is 32.1. The second kappa shape index (κ2) is 6.51. The Morgan fingerprint density at radius 2 is 2.11 bits per heavy atom. The van der Waals surface area contributed by atoms with Crippen molar-refractivity contribution >= 4 is 23.2 Å². The van der Waals surface area contributed by atoms with Crippen LogP contribution >= 0.6 is 11.3 Å². The van der Waals surface area contributed by atoms with Crippen LogP contribution in [0.25, 0.3) is 0 Å². The first-order chi connectivity index (χ1) is 8.54. The van der Waals surface area contributed by atoms with Gasteiger partial charge in [-0.15, -0.1) is 11.3 Å². The van der Waals surface area contributed by atoms with Crippen LogP contribution in [-0.4, -0.2) is 37.6 Å². The summed E-state index contributed by atoms with van der Waals surface area (Å²) < 4.78 is 0. The fourth-order valence-corrected chi connectivity index (χ4v) is 2.49. The standard InChI is InChI=1S/C12H18N2O3S/c1-5-9-8(12(16)14(3)17-4)7-10(18-9)11(15)13-6-2/h7H,5-6H2,1-4H3,(H,13,15). The fourth-order valence-electron chi connectivity index (χ4n) is 1.48. The van der Waals surface area contributed by atoms with Gasteiger partial charge in [0.1, 0.15) is 0 Å². The van der Waals surface area contributed by atoms with Crippen molar-refractivity contribution in [2.75, 3.05) is 20.7 Å². The maximum atomic E-state index is 12.0. The van der Waals surface area contributed by atoms with Crippen molar-refractivity contribution < 1.29 is 14.4 Å². The van der Waals surface area contributed by atoms with Gasteiger partial charge in [-0.1, -0.05) is 6.92 Å². The minimum absolute atomic E-state index is 0.142. The zero-order chi connectivity index (χ0) is 13.7. The average Bonchev–Trinajstić information content (AvgIpc) is 2.81. The molecule has 0 aliphatic carbocycles. The van der Waals surface area contributed by atoms with Crippen LogP contribution in [0.1, 0.15) is 38.8 Å². The Morgan fingerprint density at radius 3 is 2.61 bits per heavy atom. The van der Waals surface area contributed by atoms with Crippen molar-refractivity contribution in [3.05, 3.63) is 21.4 Å². The van der Waals surface area contributed by atoms with Crippen molar-refractivity contribution in [1.82, 2.24) is 10.4 Å². The third-order valence-electron chi connectivity index (χ3n) is 2.48. The Labute approximate surface area is 111 Å². The third-order valence-corrected chi connectivity index (χ3v) is 3.76. The van der Waals surface area contributed by atoms with Crippen LogP contribution in [-0.2, 0) is 11.3 Å². The minimum Gasteiger partial charge on any atom is -0.352 e. The Morgan fingerprint density at radius 1 is 1.44 bits per heavy atom. The Hall–Kier alpha value is -1.40. The van der Waals surface area contributed by atoms with Crippen LogP contribution in [0.2, 0.25) is 0 Å². The first-order valence-electron chi connectivity index (χ1n) is 5.78. The predicted molar refractivity (Wildman–Crippen MR) is 70.8 cm³/mol. The summed E-state index contributed by atoms with van der Waals surface area (Å²) >= 11 is 1.35. The van der Waals surface area contributed by atoms with Gasteiger partial charge in [0.2, 0.25) is 0 Å². The molecule has 1 N–H and O–H groups in total. The normalized spacial score (nSPS) is 10.2. The number of aryl methyl sites for hydroxylation is 1. The molecule has 1 aromatic rings. The maximum absolute atomic E-state index is 12.0. The van der Waals surface area contributed by atoms with Gasteiger partial charge < -0.3 is 5.32 Å². The summed E-state index contributed by atoms with van der Waals surface area (Å²) in [6.07, 6.45) is 0.711. The molecular weight excluding hydrogens is 252 g/mol. The third kappa shape index (κ3) is 3.08. The molecule has 1 aromatic heterocycles. The van der Waals surface area contributed by atoms with Gasteiger partial charge in [0.05, 0.1) is 17.6 Å². The van der Waals surface area contributed by atoms with E-state index in [-0.39, 0.29) is 11.8 Å². The highest BCUT2D eigenvalue weighted by Crippen LogP contribution is 2.24. The molecule has 0 aromatic carbocycles. The quantitative estimate of drug-likeness (QED) is 0.828. The van der Waals surface area contributed by atoms with E-state index in [9.17, 15) is 9.59 Å². The lowest BCUT2D eigenvalue weighted by atomic mass is 10.2. The first kappa shape index (κ1) is 14.7. The van der Waals surface area contributed by atoms with E-state index in [1.165, 1.54) is 18.4 Å². The van der Waals surface area contributed by atoms with Crippen molar-refractivity contribution in [2.24, 2.45) is 0 Å². The van der Waals surface area contributed by atoms with Gasteiger partial charge >= 0.3 is 0 Å². The monoisotopic (exact) mass is 270 g/mol. The SMILES string of the molecule is CCNC(=O)c1cc(C(=O)N(C)OC)c(CC)s1.